The highest BCUT2D eigenvalue weighted by atomic mass is 35.5. The molecule has 30 heavy (non-hydrogen) atoms. The zero-order chi connectivity index (χ0) is 21.7. The van der Waals surface area contributed by atoms with Crippen molar-refractivity contribution in [2.45, 2.75) is 12.5 Å². The molecular formula is C22H18Cl2N2O4. The number of hydrogen-bond donors (Lipinski definition) is 2. The van der Waals surface area contributed by atoms with Crippen LogP contribution in [0.15, 0.2) is 60.8 Å². The first kappa shape index (κ1) is 21.6. The van der Waals surface area contributed by atoms with Gasteiger partial charge in [0, 0.05) is 21.8 Å². The average Bonchev–Trinajstić information content (AvgIpc) is 2.73. The normalized spacial score (nSPS) is 11.6. The van der Waals surface area contributed by atoms with Crippen LogP contribution >= 0.6 is 23.2 Å². The first-order valence-corrected chi connectivity index (χ1v) is 9.71. The summed E-state index contributed by atoms with van der Waals surface area (Å²) in [5, 5.41) is 13.0. The van der Waals surface area contributed by atoms with Crippen molar-refractivity contribution in [1.29, 1.82) is 0 Å². The Labute approximate surface area is 183 Å². The van der Waals surface area contributed by atoms with Crippen molar-refractivity contribution in [2.24, 2.45) is 0 Å². The highest BCUT2D eigenvalue weighted by Crippen LogP contribution is 2.30. The second-order valence-corrected chi connectivity index (χ2v) is 7.28. The molecule has 0 saturated heterocycles. The summed E-state index contributed by atoms with van der Waals surface area (Å²) in [4.78, 5) is 28.5. The molecule has 154 valence electrons. The molecule has 0 radical (unpaired) electrons. The lowest BCUT2D eigenvalue weighted by Gasteiger charge is -2.19. The molecule has 6 nitrogen and oxygen atoms in total. The molecule has 0 spiro atoms. The van der Waals surface area contributed by atoms with E-state index >= 15 is 0 Å². The van der Waals surface area contributed by atoms with Crippen LogP contribution < -0.4 is 10.1 Å². The zero-order valence-corrected chi connectivity index (χ0v) is 17.4. The third kappa shape index (κ3) is 5.09. The number of amides is 1. The van der Waals surface area contributed by atoms with Crippen LogP contribution in [-0.2, 0) is 4.79 Å². The number of aliphatic carboxylic acids is 1. The molecule has 0 bridgehead atoms. The van der Waals surface area contributed by atoms with Crippen molar-refractivity contribution in [3.8, 4) is 17.0 Å². The SMILES string of the molecule is COc1ncc(C(=O)N[C@@H](CC(=O)O)c2ccccc2Cl)cc1-c1ccc(Cl)cc1. The van der Waals surface area contributed by atoms with Crippen molar-refractivity contribution in [3.63, 3.8) is 0 Å². The maximum Gasteiger partial charge on any atom is 0.305 e. The van der Waals surface area contributed by atoms with Crippen molar-refractivity contribution in [2.75, 3.05) is 7.11 Å². The molecule has 0 aliphatic carbocycles. The molecule has 0 saturated carbocycles. The molecule has 2 aromatic carbocycles. The molecule has 1 atom stereocenters. The van der Waals surface area contributed by atoms with Gasteiger partial charge in [-0.15, -0.1) is 0 Å². The Kier molecular flexibility index (Phi) is 6.92. The minimum atomic E-state index is -1.06. The van der Waals surface area contributed by atoms with Crippen molar-refractivity contribution in [3.05, 3.63) is 82.0 Å². The van der Waals surface area contributed by atoms with E-state index in [2.05, 4.69) is 10.3 Å². The van der Waals surface area contributed by atoms with Gasteiger partial charge in [-0.2, -0.15) is 0 Å². The van der Waals surface area contributed by atoms with Crippen molar-refractivity contribution in [1.82, 2.24) is 10.3 Å². The smallest absolute Gasteiger partial charge is 0.305 e. The van der Waals surface area contributed by atoms with Crippen LogP contribution in [0.3, 0.4) is 0 Å². The average molecular weight is 445 g/mol. The maximum atomic E-state index is 12.9. The Morgan fingerprint density at radius 1 is 1.13 bits per heavy atom. The van der Waals surface area contributed by atoms with Gasteiger partial charge in [0.25, 0.3) is 5.91 Å². The minimum Gasteiger partial charge on any atom is -0.481 e. The van der Waals surface area contributed by atoms with Crippen LogP contribution in [0, 0.1) is 0 Å². The van der Waals surface area contributed by atoms with Crippen LogP contribution in [0.2, 0.25) is 10.0 Å². The van der Waals surface area contributed by atoms with Gasteiger partial charge in [0.2, 0.25) is 5.88 Å². The zero-order valence-electron chi connectivity index (χ0n) is 15.9. The van der Waals surface area contributed by atoms with Crippen molar-refractivity contribution < 1.29 is 19.4 Å². The standard InChI is InChI=1S/C22H18Cl2N2O4/c1-30-22-17(13-6-8-15(23)9-7-13)10-14(12-25-22)21(29)26-19(11-20(27)28)16-4-2-3-5-18(16)24/h2-10,12,19H,11H2,1H3,(H,26,29)(H,27,28)/t19-/m0/s1. The van der Waals surface area contributed by atoms with E-state index in [1.54, 1.807) is 54.6 Å². The second-order valence-electron chi connectivity index (χ2n) is 6.43. The monoisotopic (exact) mass is 444 g/mol. The van der Waals surface area contributed by atoms with E-state index in [-0.39, 0.29) is 12.0 Å². The third-order valence-corrected chi connectivity index (χ3v) is 5.02. The number of halogens is 2. The summed E-state index contributed by atoms with van der Waals surface area (Å²) in [6.45, 7) is 0. The molecule has 0 unspecified atom stereocenters. The predicted molar refractivity (Wildman–Crippen MR) is 115 cm³/mol. The fraction of sp³-hybridized carbons (Fsp3) is 0.136. The van der Waals surface area contributed by atoms with E-state index in [0.29, 0.717) is 27.1 Å². The molecule has 1 heterocycles. The number of benzene rings is 2. The van der Waals surface area contributed by atoms with Gasteiger partial charge in [0.15, 0.2) is 0 Å². The summed E-state index contributed by atoms with van der Waals surface area (Å²) in [6, 6.07) is 14.7. The lowest BCUT2D eigenvalue weighted by molar-refractivity contribution is -0.137. The number of carbonyl (C=O) groups is 2. The molecule has 0 fully saturated rings. The van der Waals surface area contributed by atoms with Crippen LogP contribution in [0.5, 0.6) is 5.88 Å². The van der Waals surface area contributed by atoms with Gasteiger partial charge in [-0.3, -0.25) is 9.59 Å². The summed E-state index contributed by atoms with van der Waals surface area (Å²) >= 11 is 12.2. The quantitative estimate of drug-likeness (QED) is 0.534. The maximum absolute atomic E-state index is 12.9. The number of hydrogen-bond acceptors (Lipinski definition) is 4. The van der Waals surface area contributed by atoms with Crippen LogP contribution in [0.4, 0.5) is 0 Å². The largest absolute Gasteiger partial charge is 0.481 e. The number of carboxylic acids is 1. The Morgan fingerprint density at radius 3 is 2.47 bits per heavy atom. The lowest BCUT2D eigenvalue weighted by atomic mass is 10.0. The Morgan fingerprint density at radius 2 is 1.83 bits per heavy atom. The first-order valence-electron chi connectivity index (χ1n) is 8.96. The molecule has 1 aromatic heterocycles. The summed E-state index contributed by atoms with van der Waals surface area (Å²) in [6.07, 6.45) is 1.06. The minimum absolute atomic E-state index is 0.253. The number of nitrogens with zero attached hydrogens (tertiary/aromatic N) is 1. The summed E-state index contributed by atoms with van der Waals surface area (Å²) in [5.41, 5.74) is 2.15. The number of ether oxygens (including phenoxy) is 1. The summed E-state index contributed by atoms with van der Waals surface area (Å²) < 4.78 is 5.31. The number of rotatable bonds is 7. The lowest BCUT2D eigenvalue weighted by Crippen LogP contribution is -2.30. The van der Waals surface area contributed by atoms with Crippen LogP contribution in [0.25, 0.3) is 11.1 Å². The van der Waals surface area contributed by atoms with Gasteiger partial charge in [-0.1, -0.05) is 53.5 Å². The number of nitrogens with one attached hydrogen (secondary N) is 1. The van der Waals surface area contributed by atoms with Gasteiger partial charge in [-0.05, 0) is 35.4 Å². The Hall–Kier alpha value is -3.09. The van der Waals surface area contributed by atoms with Gasteiger partial charge in [0.1, 0.15) is 0 Å². The highest BCUT2D eigenvalue weighted by molar-refractivity contribution is 6.31. The molecule has 0 aliphatic heterocycles. The Balaban J connectivity index is 1.93. The van der Waals surface area contributed by atoms with Gasteiger partial charge in [0.05, 0.1) is 25.1 Å². The molecule has 2 N–H and O–H groups in total. The van der Waals surface area contributed by atoms with Gasteiger partial charge >= 0.3 is 5.97 Å². The van der Waals surface area contributed by atoms with Crippen molar-refractivity contribution >= 4 is 35.1 Å². The molecule has 3 aromatic rings. The van der Waals surface area contributed by atoms with E-state index in [9.17, 15) is 14.7 Å². The number of pyridine rings is 1. The third-order valence-electron chi connectivity index (χ3n) is 4.43. The number of carboxylic acid groups (broad SMARTS) is 1. The summed E-state index contributed by atoms with van der Waals surface area (Å²) in [5.74, 6) is -1.19. The Bertz CT molecular complexity index is 1070. The van der Waals surface area contributed by atoms with E-state index in [0.717, 1.165) is 5.56 Å². The first-order chi connectivity index (χ1) is 14.4. The molecule has 3 rings (SSSR count). The van der Waals surface area contributed by atoms with E-state index in [1.807, 2.05) is 0 Å². The number of aromatic nitrogens is 1. The second kappa shape index (κ2) is 9.61. The number of methoxy groups -OCH3 is 1. The van der Waals surface area contributed by atoms with Gasteiger partial charge < -0.3 is 15.2 Å². The topological polar surface area (TPSA) is 88.5 Å². The highest BCUT2D eigenvalue weighted by Gasteiger charge is 2.22. The molecular weight excluding hydrogens is 427 g/mol. The predicted octanol–water partition coefficient (Wildman–Crippen LogP) is 5.01. The molecule has 1 amide bonds. The van der Waals surface area contributed by atoms with E-state index in [4.69, 9.17) is 27.9 Å². The van der Waals surface area contributed by atoms with Crippen LogP contribution in [-0.4, -0.2) is 29.1 Å². The summed E-state index contributed by atoms with van der Waals surface area (Å²) in [7, 11) is 1.49. The number of carbonyl (C=O) groups excluding carboxylic acids is 1. The molecule has 0 aliphatic rings. The molecule has 8 heteroatoms. The van der Waals surface area contributed by atoms with E-state index in [1.165, 1.54) is 13.3 Å². The fourth-order valence-corrected chi connectivity index (χ4v) is 3.38. The van der Waals surface area contributed by atoms with Gasteiger partial charge in [-0.25, -0.2) is 4.98 Å². The fourth-order valence-electron chi connectivity index (χ4n) is 2.99. The van der Waals surface area contributed by atoms with Crippen LogP contribution in [0.1, 0.15) is 28.4 Å². The van der Waals surface area contributed by atoms with E-state index < -0.39 is 17.9 Å².